The van der Waals surface area contributed by atoms with Crippen molar-refractivity contribution in [3.63, 3.8) is 0 Å². The molecule has 0 saturated carbocycles. The van der Waals surface area contributed by atoms with Gasteiger partial charge >= 0.3 is 5.97 Å². The van der Waals surface area contributed by atoms with Gasteiger partial charge in [0.2, 0.25) is 0 Å². The van der Waals surface area contributed by atoms with Crippen molar-refractivity contribution in [2.45, 2.75) is 13.1 Å². The van der Waals surface area contributed by atoms with Gasteiger partial charge in [0.1, 0.15) is 11.5 Å². The van der Waals surface area contributed by atoms with Crippen molar-refractivity contribution < 1.29 is 19.4 Å². The quantitative estimate of drug-likeness (QED) is 0.809. The van der Waals surface area contributed by atoms with Gasteiger partial charge in [0.15, 0.2) is 0 Å². The summed E-state index contributed by atoms with van der Waals surface area (Å²) >= 11 is 0. The lowest BCUT2D eigenvalue weighted by molar-refractivity contribution is 0.0697. The van der Waals surface area contributed by atoms with Crippen LogP contribution in [0.2, 0.25) is 0 Å². The molecule has 0 atom stereocenters. The summed E-state index contributed by atoms with van der Waals surface area (Å²) in [6, 6.07) is 13.0. The predicted molar refractivity (Wildman–Crippen MR) is 104 cm³/mol. The number of ether oxygens (including phenoxy) is 2. The fourth-order valence-electron chi connectivity index (χ4n) is 3.36. The standard InChI is InChI=1S/C21H26N2O4/c1-26-19-7-8-20(27-2)18(13-19)15-23-11-9-22(10-12-23)14-16-3-5-17(6-4-16)21(24)25/h3-8,13H,9-12,14-15H2,1-2H3,(H,24,25). The highest BCUT2D eigenvalue weighted by molar-refractivity contribution is 5.87. The molecule has 0 radical (unpaired) electrons. The number of carbonyl (C=O) groups is 1. The Balaban J connectivity index is 1.54. The van der Waals surface area contributed by atoms with Crippen molar-refractivity contribution in [2.24, 2.45) is 0 Å². The largest absolute Gasteiger partial charge is 0.497 e. The number of rotatable bonds is 7. The van der Waals surface area contributed by atoms with Gasteiger partial charge in [0, 0.05) is 44.8 Å². The molecule has 0 bridgehead atoms. The zero-order valence-electron chi connectivity index (χ0n) is 15.9. The van der Waals surface area contributed by atoms with E-state index in [9.17, 15) is 4.79 Å². The van der Waals surface area contributed by atoms with Crippen LogP contribution in [0.15, 0.2) is 42.5 Å². The topological polar surface area (TPSA) is 62.2 Å². The Hall–Kier alpha value is -2.57. The lowest BCUT2D eigenvalue weighted by Crippen LogP contribution is -2.45. The fourth-order valence-corrected chi connectivity index (χ4v) is 3.36. The molecule has 6 nitrogen and oxygen atoms in total. The summed E-state index contributed by atoms with van der Waals surface area (Å²) in [5.41, 5.74) is 2.60. The first-order valence-electron chi connectivity index (χ1n) is 9.07. The Labute approximate surface area is 159 Å². The minimum atomic E-state index is -0.886. The smallest absolute Gasteiger partial charge is 0.335 e. The van der Waals surface area contributed by atoms with Crippen LogP contribution in [-0.4, -0.2) is 61.3 Å². The highest BCUT2D eigenvalue weighted by Gasteiger charge is 2.19. The molecule has 27 heavy (non-hydrogen) atoms. The first-order valence-corrected chi connectivity index (χ1v) is 9.07. The van der Waals surface area contributed by atoms with Crippen LogP contribution in [0.3, 0.4) is 0 Å². The molecule has 6 heteroatoms. The molecule has 1 heterocycles. The maximum atomic E-state index is 10.9. The molecule has 0 spiro atoms. The first kappa shape index (κ1) is 19.2. The normalized spacial score (nSPS) is 15.5. The van der Waals surface area contributed by atoms with Crippen LogP contribution in [0.5, 0.6) is 11.5 Å². The van der Waals surface area contributed by atoms with E-state index in [1.807, 2.05) is 30.3 Å². The van der Waals surface area contributed by atoms with Crippen molar-refractivity contribution in [3.8, 4) is 11.5 Å². The number of piperazine rings is 1. The van der Waals surface area contributed by atoms with Crippen LogP contribution >= 0.6 is 0 Å². The van der Waals surface area contributed by atoms with Crippen LogP contribution in [-0.2, 0) is 13.1 Å². The van der Waals surface area contributed by atoms with Crippen molar-refractivity contribution in [1.29, 1.82) is 0 Å². The number of methoxy groups -OCH3 is 2. The molecule has 0 aliphatic carbocycles. The SMILES string of the molecule is COc1ccc(OC)c(CN2CCN(Cc3ccc(C(=O)O)cc3)CC2)c1. The van der Waals surface area contributed by atoms with E-state index in [2.05, 4.69) is 9.80 Å². The molecule has 1 N–H and O–H groups in total. The lowest BCUT2D eigenvalue weighted by atomic mass is 10.1. The second-order valence-electron chi connectivity index (χ2n) is 6.73. The third-order valence-corrected chi connectivity index (χ3v) is 4.95. The summed E-state index contributed by atoms with van der Waals surface area (Å²) in [7, 11) is 3.37. The van der Waals surface area contributed by atoms with E-state index in [1.165, 1.54) is 0 Å². The Morgan fingerprint density at radius 3 is 2.11 bits per heavy atom. The van der Waals surface area contributed by atoms with Gasteiger partial charge in [-0.15, -0.1) is 0 Å². The van der Waals surface area contributed by atoms with Crippen LogP contribution in [0, 0.1) is 0 Å². The summed E-state index contributed by atoms with van der Waals surface area (Å²) in [4.78, 5) is 15.8. The molecule has 1 aliphatic heterocycles. The average molecular weight is 370 g/mol. The van der Waals surface area contributed by atoms with Gasteiger partial charge in [0.25, 0.3) is 0 Å². The second kappa shape index (κ2) is 8.88. The van der Waals surface area contributed by atoms with E-state index >= 15 is 0 Å². The number of carboxylic acid groups (broad SMARTS) is 1. The molecular weight excluding hydrogens is 344 g/mol. The third-order valence-electron chi connectivity index (χ3n) is 4.95. The number of nitrogens with zero attached hydrogens (tertiary/aromatic N) is 2. The number of hydrogen-bond acceptors (Lipinski definition) is 5. The van der Waals surface area contributed by atoms with E-state index in [4.69, 9.17) is 14.6 Å². The Bertz CT molecular complexity index is 768. The molecule has 0 aromatic heterocycles. The highest BCUT2D eigenvalue weighted by atomic mass is 16.5. The van der Waals surface area contributed by atoms with Crippen LogP contribution in [0.4, 0.5) is 0 Å². The molecule has 0 unspecified atom stereocenters. The van der Waals surface area contributed by atoms with Crippen LogP contribution in [0.25, 0.3) is 0 Å². The summed E-state index contributed by atoms with van der Waals surface area (Å²) in [6.45, 7) is 5.60. The van der Waals surface area contributed by atoms with Gasteiger partial charge in [0.05, 0.1) is 19.8 Å². The van der Waals surface area contributed by atoms with E-state index in [0.29, 0.717) is 5.56 Å². The summed E-state index contributed by atoms with van der Waals surface area (Å²) < 4.78 is 10.8. The first-order chi connectivity index (χ1) is 13.1. The Kier molecular flexibility index (Phi) is 6.32. The molecule has 1 fully saturated rings. The molecular formula is C21H26N2O4. The maximum absolute atomic E-state index is 10.9. The van der Waals surface area contributed by atoms with Crippen LogP contribution < -0.4 is 9.47 Å². The zero-order chi connectivity index (χ0) is 19.2. The average Bonchev–Trinajstić information content (AvgIpc) is 2.70. The minimum Gasteiger partial charge on any atom is -0.497 e. The van der Waals surface area contributed by atoms with Gasteiger partial charge in [-0.2, -0.15) is 0 Å². The second-order valence-corrected chi connectivity index (χ2v) is 6.73. The molecule has 3 rings (SSSR count). The molecule has 1 saturated heterocycles. The third kappa shape index (κ3) is 4.99. The van der Waals surface area contributed by atoms with E-state index in [0.717, 1.165) is 61.9 Å². The minimum absolute atomic E-state index is 0.329. The molecule has 144 valence electrons. The van der Waals surface area contributed by atoms with Crippen molar-refractivity contribution >= 4 is 5.97 Å². The van der Waals surface area contributed by atoms with Crippen molar-refractivity contribution in [2.75, 3.05) is 40.4 Å². The van der Waals surface area contributed by atoms with Gasteiger partial charge in [-0.3, -0.25) is 9.80 Å². The monoisotopic (exact) mass is 370 g/mol. The highest BCUT2D eigenvalue weighted by Crippen LogP contribution is 2.25. The maximum Gasteiger partial charge on any atom is 0.335 e. The Morgan fingerprint density at radius 2 is 1.56 bits per heavy atom. The van der Waals surface area contributed by atoms with Gasteiger partial charge in [-0.25, -0.2) is 4.79 Å². The molecule has 0 amide bonds. The molecule has 1 aliphatic rings. The summed E-state index contributed by atoms with van der Waals surface area (Å²) in [6.07, 6.45) is 0. The number of aromatic carboxylic acids is 1. The fraction of sp³-hybridized carbons (Fsp3) is 0.381. The van der Waals surface area contributed by atoms with Gasteiger partial charge < -0.3 is 14.6 Å². The number of benzene rings is 2. The van der Waals surface area contributed by atoms with Crippen molar-refractivity contribution in [1.82, 2.24) is 9.80 Å². The summed E-state index contributed by atoms with van der Waals surface area (Å²) in [5, 5.41) is 8.98. The van der Waals surface area contributed by atoms with Gasteiger partial charge in [-0.05, 0) is 35.9 Å². The molecule has 2 aromatic rings. The Morgan fingerprint density at radius 1 is 0.926 bits per heavy atom. The lowest BCUT2D eigenvalue weighted by Gasteiger charge is -2.35. The zero-order valence-corrected chi connectivity index (χ0v) is 15.9. The van der Waals surface area contributed by atoms with E-state index in [1.54, 1.807) is 26.4 Å². The molecule has 2 aromatic carbocycles. The summed E-state index contributed by atoms with van der Waals surface area (Å²) in [5.74, 6) is 0.842. The van der Waals surface area contributed by atoms with E-state index in [-0.39, 0.29) is 0 Å². The van der Waals surface area contributed by atoms with Crippen LogP contribution in [0.1, 0.15) is 21.5 Å². The van der Waals surface area contributed by atoms with Gasteiger partial charge in [-0.1, -0.05) is 12.1 Å². The van der Waals surface area contributed by atoms with Crippen molar-refractivity contribution in [3.05, 3.63) is 59.2 Å². The van der Waals surface area contributed by atoms with E-state index < -0.39 is 5.97 Å². The predicted octanol–water partition coefficient (Wildman–Crippen LogP) is 2.72. The number of carboxylic acids is 1. The number of hydrogen-bond donors (Lipinski definition) is 1.